The number of hydrogen-bond acceptors (Lipinski definition) is 6. The number of rotatable bonds is 7. The van der Waals surface area contributed by atoms with E-state index in [9.17, 15) is 26.0 Å². The SMILES string of the molecule is Cc1sc(S(=O)(=O)N2CCCCC2)cc1NC(=O)CNS(=O)(=O)c1ccc(F)cc1. The maximum absolute atomic E-state index is 12.9. The molecule has 1 amide bonds. The highest BCUT2D eigenvalue weighted by Gasteiger charge is 2.28. The second kappa shape index (κ2) is 9.10. The molecule has 3 rings (SSSR count). The van der Waals surface area contributed by atoms with Gasteiger partial charge < -0.3 is 5.32 Å². The zero-order valence-corrected chi connectivity index (χ0v) is 18.7. The molecule has 8 nitrogen and oxygen atoms in total. The number of carbonyl (C=O) groups is 1. The molecular weight excluding hydrogens is 453 g/mol. The molecule has 1 aliphatic rings. The van der Waals surface area contributed by atoms with Crippen molar-refractivity contribution >= 4 is 43.0 Å². The van der Waals surface area contributed by atoms with Gasteiger partial charge in [0.05, 0.1) is 17.1 Å². The minimum Gasteiger partial charge on any atom is -0.324 e. The van der Waals surface area contributed by atoms with Crippen LogP contribution in [0.4, 0.5) is 10.1 Å². The van der Waals surface area contributed by atoms with Gasteiger partial charge in [0.2, 0.25) is 15.9 Å². The smallest absolute Gasteiger partial charge is 0.252 e. The standard InChI is InChI=1S/C18H22FN3O5S3/c1-13-16(11-18(28-13)30(26,27)22-9-3-2-4-10-22)21-17(23)12-20-29(24,25)15-7-5-14(19)6-8-15/h5-8,11,20H,2-4,9-10,12H2,1H3,(H,21,23). The lowest BCUT2D eigenvalue weighted by atomic mass is 10.2. The second-order valence-electron chi connectivity index (χ2n) is 6.83. The highest BCUT2D eigenvalue weighted by atomic mass is 32.2. The van der Waals surface area contributed by atoms with E-state index in [0.29, 0.717) is 23.7 Å². The van der Waals surface area contributed by atoms with Gasteiger partial charge in [-0.2, -0.15) is 4.31 Å². The number of aryl methyl sites for hydroxylation is 1. The van der Waals surface area contributed by atoms with Crippen molar-refractivity contribution in [2.24, 2.45) is 0 Å². The van der Waals surface area contributed by atoms with E-state index in [4.69, 9.17) is 0 Å². The third kappa shape index (κ3) is 5.24. The Morgan fingerprint density at radius 1 is 1.10 bits per heavy atom. The molecule has 164 valence electrons. The van der Waals surface area contributed by atoms with Crippen LogP contribution in [-0.4, -0.2) is 46.7 Å². The van der Waals surface area contributed by atoms with Crippen molar-refractivity contribution < 1.29 is 26.0 Å². The van der Waals surface area contributed by atoms with Gasteiger partial charge in [-0.3, -0.25) is 4.79 Å². The summed E-state index contributed by atoms with van der Waals surface area (Å²) in [4.78, 5) is 12.6. The number of nitrogens with one attached hydrogen (secondary N) is 2. The Hall–Kier alpha value is -1.86. The van der Waals surface area contributed by atoms with E-state index in [1.54, 1.807) is 6.92 Å². The molecule has 1 saturated heterocycles. The second-order valence-corrected chi connectivity index (χ2v) is 12.0. The van der Waals surface area contributed by atoms with Crippen molar-refractivity contribution in [2.45, 2.75) is 35.3 Å². The molecule has 0 radical (unpaired) electrons. The summed E-state index contributed by atoms with van der Waals surface area (Å²) >= 11 is 1.06. The number of anilines is 1. The Morgan fingerprint density at radius 2 is 1.73 bits per heavy atom. The number of piperidine rings is 1. The van der Waals surface area contributed by atoms with Crippen LogP contribution in [0.15, 0.2) is 39.4 Å². The highest BCUT2D eigenvalue weighted by Crippen LogP contribution is 2.32. The van der Waals surface area contributed by atoms with Gasteiger partial charge in [-0.25, -0.2) is 25.9 Å². The third-order valence-corrected chi connectivity index (χ3v) is 9.44. The molecule has 1 aliphatic heterocycles. The summed E-state index contributed by atoms with van der Waals surface area (Å²) < 4.78 is 66.6. The summed E-state index contributed by atoms with van der Waals surface area (Å²) in [6.45, 7) is 2.08. The zero-order valence-electron chi connectivity index (χ0n) is 16.2. The molecule has 2 N–H and O–H groups in total. The fourth-order valence-corrected chi connectivity index (χ4v) is 7.04. The van der Waals surface area contributed by atoms with Crippen LogP contribution in [0.25, 0.3) is 0 Å². The van der Waals surface area contributed by atoms with Crippen molar-refractivity contribution in [3.05, 3.63) is 41.0 Å². The first kappa shape index (κ1) is 22.8. The molecule has 12 heteroatoms. The van der Waals surface area contributed by atoms with Crippen molar-refractivity contribution in [1.29, 1.82) is 0 Å². The van der Waals surface area contributed by atoms with E-state index in [0.717, 1.165) is 54.9 Å². The Kier molecular flexibility index (Phi) is 6.92. The van der Waals surface area contributed by atoms with E-state index >= 15 is 0 Å². The molecule has 0 unspecified atom stereocenters. The lowest BCUT2D eigenvalue weighted by molar-refractivity contribution is -0.115. The molecular formula is C18H22FN3O5S3. The molecule has 0 spiro atoms. The van der Waals surface area contributed by atoms with Gasteiger partial charge in [-0.15, -0.1) is 11.3 Å². The highest BCUT2D eigenvalue weighted by molar-refractivity contribution is 7.91. The van der Waals surface area contributed by atoms with E-state index in [1.165, 1.54) is 10.4 Å². The topological polar surface area (TPSA) is 113 Å². The largest absolute Gasteiger partial charge is 0.324 e. The van der Waals surface area contributed by atoms with Crippen LogP contribution in [-0.2, 0) is 24.8 Å². The van der Waals surface area contributed by atoms with E-state index in [1.807, 2.05) is 0 Å². The van der Waals surface area contributed by atoms with Crippen LogP contribution in [0.3, 0.4) is 0 Å². The normalized spacial score (nSPS) is 15.8. The number of hydrogen-bond donors (Lipinski definition) is 2. The molecule has 0 atom stereocenters. The van der Waals surface area contributed by atoms with Gasteiger partial charge in [0.1, 0.15) is 10.0 Å². The molecule has 1 fully saturated rings. The van der Waals surface area contributed by atoms with Gasteiger partial charge in [0.25, 0.3) is 10.0 Å². The van der Waals surface area contributed by atoms with Crippen LogP contribution in [0.1, 0.15) is 24.1 Å². The summed E-state index contributed by atoms with van der Waals surface area (Å²) in [5.41, 5.74) is 0.321. The lowest BCUT2D eigenvalue weighted by Gasteiger charge is -2.25. The fourth-order valence-electron chi connectivity index (χ4n) is 2.99. The average molecular weight is 476 g/mol. The van der Waals surface area contributed by atoms with Crippen LogP contribution in [0, 0.1) is 12.7 Å². The maximum Gasteiger partial charge on any atom is 0.252 e. The maximum atomic E-state index is 12.9. The Morgan fingerprint density at radius 3 is 2.37 bits per heavy atom. The fraction of sp³-hybridized carbons (Fsp3) is 0.389. The Bertz CT molecular complexity index is 1120. The van der Waals surface area contributed by atoms with Crippen LogP contribution >= 0.6 is 11.3 Å². The minimum absolute atomic E-state index is 0.143. The van der Waals surface area contributed by atoms with Crippen LogP contribution in [0.5, 0.6) is 0 Å². The van der Waals surface area contributed by atoms with Gasteiger partial charge in [0.15, 0.2) is 0 Å². The predicted molar refractivity (Wildman–Crippen MR) is 112 cm³/mol. The molecule has 2 aromatic rings. The summed E-state index contributed by atoms with van der Waals surface area (Å²) in [5, 5.41) is 2.54. The Balaban J connectivity index is 1.65. The predicted octanol–water partition coefficient (Wildman–Crippen LogP) is 2.29. The monoisotopic (exact) mass is 475 g/mol. The molecule has 1 aromatic heterocycles. The van der Waals surface area contributed by atoms with Gasteiger partial charge in [-0.05, 0) is 50.1 Å². The third-order valence-electron chi connectivity index (χ3n) is 4.63. The summed E-state index contributed by atoms with van der Waals surface area (Å²) in [7, 11) is -7.60. The molecule has 0 saturated carbocycles. The van der Waals surface area contributed by atoms with Crippen molar-refractivity contribution in [3.8, 4) is 0 Å². The minimum atomic E-state index is -3.98. The van der Waals surface area contributed by atoms with Gasteiger partial charge in [0, 0.05) is 18.0 Å². The number of halogens is 1. The number of benzene rings is 1. The zero-order chi connectivity index (χ0) is 21.9. The molecule has 2 heterocycles. The first-order valence-corrected chi connectivity index (χ1v) is 13.0. The summed E-state index contributed by atoms with van der Waals surface area (Å²) in [6.07, 6.45) is 2.65. The van der Waals surface area contributed by atoms with Gasteiger partial charge in [-0.1, -0.05) is 6.42 Å². The first-order chi connectivity index (χ1) is 14.1. The quantitative estimate of drug-likeness (QED) is 0.638. The van der Waals surface area contributed by atoms with Crippen molar-refractivity contribution in [1.82, 2.24) is 9.03 Å². The van der Waals surface area contributed by atoms with Crippen molar-refractivity contribution in [2.75, 3.05) is 25.0 Å². The first-order valence-electron chi connectivity index (χ1n) is 9.25. The van der Waals surface area contributed by atoms with E-state index in [2.05, 4.69) is 10.0 Å². The summed E-state index contributed by atoms with van der Waals surface area (Å²) in [6, 6.07) is 5.60. The Labute approximate surface area is 179 Å². The number of sulfonamides is 2. The van der Waals surface area contributed by atoms with E-state index < -0.39 is 38.3 Å². The van der Waals surface area contributed by atoms with Crippen LogP contribution < -0.4 is 10.0 Å². The lowest BCUT2D eigenvalue weighted by Crippen LogP contribution is -2.35. The molecule has 1 aromatic carbocycles. The number of thiophene rings is 1. The molecule has 0 aliphatic carbocycles. The van der Waals surface area contributed by atoms with Gasteiger partial charge >= 0.3 is 0 Å². The molecule has 30 heavy (non-hydrogen) atoms. The number of amides is 1. The number of nitrogens with zero attached hydrogens (tertiary/aromatic N) is 1. The number of carbonyl (C=O) groups excluding carboxylic acids is 1. The van der Waals surface area contributed by atoms with E-state index in [-0.39, 0.29) is 9.10 Å². The summed E-state index contributed by atoms with van der Waals surface area (Å²) in [5.74, 6) is -1.22. The average Bonchev–Trinajstić information content (AvgIpc) is 3.08. The van der Waals surface area contributed by atoms with Crippen LogP contribution in [0.2, 0.25) is 0 Å². The molecule has 0 bridgehead atoms. The van der Waals surface area contributed by atoms with Crippen molar-refractivity contribution in [3.63, 3.8) is 0 Å².